The van der Waals surface area contributed by atoms with Crippen LogP contribution in [0.25, 0.3) is 0 Å². The van der Waals surface area contributed by atoms with Crippen molar-refractivity contribution in [3.63, 3.8) is 0 Å². The Kier molecular flexibility index (Phi) is 5.34. The molecule has 1 unspecified atom stereocenters. The molecule has 0 fully saturated rings. The molecule has 0 spiro atoms. The van der Waals surface area contributed by atoms with Gasteiger partial charge in [0, 0.05) is 43.9 Å². The third kappa shape index (κ3) is 3.57. The first-order valence-corrected chi connectivity index (χ1v) is 6.47. The molecule has 1 aromatic heterocycles. The normalized spacial score (nSPS) is 12.5. The Morgan fingerprint density at radius 2 is 2.11 bits per heavy atom. The van der Waals surface area contributed by atoms with Gasteiger partial charge < -0.3 is 10.6 Å². The van der Waals surface area contributed by atoms with Gasteiger partial charge >= 0.3 is 0 Å². The predicted octanol–water partition coefficient (Wildman–Crippen LogP) is 1.21. The molecule has 0 bridgehead atoms. The van der Waals surface area contributed by atoms with E-state index in [1.165, 1.54) is 11.3 Å². The zero-order chi connectivity index (χ0) is 13.7. The number of hydrogen-bond acceptors (Lipinski definition) is 3. The van der Waals surface area contributed by atoms with E-state index in [4.69, 9.17) is 0 Å². The van der Waals surface area contributed by atoms with Gasteiger partial charge in [0.05, 0.1) is 5.69 Å². The molecule has 102 valence electrons. The zero-order valence-corrected chi connectivity index (χ0v) is 12.0. The fourth-order valence-corrected chi connectivity index (χ4v) is 2.21. The molecule has 1 amide bonds. The van der Waals surface area contributed by atoms with E-state index in [2.05, 4.69) is 29.6 Å². The lowest BCUT2D eigenvalue weighted by Crippen LogP contribution is -2.28. The largest absolute Gasteiger partial charge is 0.356 e. The van der Waals surface area contributed by atoms with E-state index in [9.17, 15) is 4.79 Å². The molecule has 1 rings (SSSR count). The van der Waals surface area contributed by atoms with E-state index in [0.29, 0.717) is 19.5 Å². The molecule has 5 nitrogen and oxygen atoms in total. The van der Waals surface area contributed by atoms with Gasteiger partial charge in [-0.25, -0.2) is 0 Å². The van der Waals surface area contributed by atoms with Crippen LogP contribution in [0.2, 0.25) is 0 Å². The third-order valence-corrected chi connectivity index (χ3v) is 3.17. The molecule has 0 saturated heterocycles. The van der Waals surface area contributed by atoms with Crippen molar-refractivity contribution < 1.29 is 4.79 Å². The lowest BCUT2D eigenvalue weighted by atomic mass is 10.1. The monoisotopic (exact) mass is 252 g/mol. The number of aryl methyl sites for hydroxylation is 2. The minimum atomic E-state index is 0.0943. The van der Waals surface area contributed by atoms with Crippen LogP contribution in [-0.4, -0.2) is 28.8 Å². The van der Waals surface area contributed by atoms with Crippen LogP contribution in [0.4, 0.5) is 0 Å². The molecule has 5 heteroatoms. The van der Waals surface area contributed by atoms with E-state index < -0.39 is 0 Å². The second kappa shape index (κ2) is 6.54. The SMILES string of the molecule is CCNC(=O)CCNC(C)c1c(C)nn(C)c1C. The quantitative estimate of drug-likeness (QED) is 0.800. The van der Waals surface area contributed by atoms with Crippen LogP contribution in [0.3, 0.4) is 0 Å². The molecule has 0 aliphatic rings. The summed E-state index contributed by atoms with van der Waals surface area (Å²) in [5.74, 6) is 0.0943. The first-order valence-electron chi connectivity index (χ1n) is 6.47. The number of carbonyl (C=O) groups is 1. The van der Waals surface area contributed by atoms with Crippen molar-refractivity contribution in [3.05, 3.63) is 17.0 Å². The topological polar surface area (TPSA) is 59.0 Å². The summed E-state index contributed by atoms with van der Waals surface area (Å²) in [6.45, 7) is 9.49. The van der Waals surface area contributed by atoms with Crippen molar-refractivity contribution in [2.75, 3.05) is 13.1 Å². The molecule has 18 heavy (non-hydrogen) atoms. The molecule has 0 radical (unpaired) electrons. The predicted molar refractivity (Wildman–Crippen MR) is 72.4 cm³/mol. The summed E-state index contributed by atoms with van der Waals surface area (Å²) in [6, 6.07) is 0.216. The highest BCUT2D eigenvalue weighted by molar-refractivity contribution is 5.75. The van der Waals surface area contributed by atoms with Crippen molar-refractivity contribution in [1.29, 1.82) is 0 Å². The molecule has 0 saturated carbocycles. The van der Waals surface area contributed by atoms with E-state index >= 15 is 0 Å². The summed E-state index contributed by atoms with van der Waals surface area (Å²) in [5, 5.41) is 10.6. The van der Waals surface area contributed by atoms with E-state index in [0.717, 1.165) is 5.69 Å². The van der Waals surface area contributed by atoms with Gasteiger partial charge in [-0.05, 0) is 27.7 Å². The minimum Gasteiger partial charge on any atom is -0.356 e. The highest BCUT2D eigenvalue weighted by atomic mass is 16.1. The highest BCUT2D eigenvalue weighted by Gasteiger charge is 2.15. The average Bonchev–Trinajstić information content (AvgIpc) is 2.53. The standard InChI is InChI=1S/C13H24N4O/c1-6-14-12(18)7-8-15-9(2)13-10(3)16-17(5)11(13)4/h9,15H,6-8H2,1-5H3,(H,14,18). The van der Waals surface area contributed by atoms with Gasteiger partial charge in [-0.15, -0.1) is 0 Å². The first kappa shape index (κ1) is 14.7. The maximum absolute atomic E-state index is 11.3. The highest BCUT2D eigenvalue weighted by Crippen LogP contribution is 2.20. The summed E-state index contributed by atoms with van der Waals surface area (Å²) < 4.78 is 1.90. The smallest absolute Gasteiger partial charge is 0.221 e. The first-order chi connectivity index (χ1) is 8.47. The number of nitrogens with one attached hydrogen (secondary N) is 2. The Hall–Kier alpha value is -1.36. The Labute approximate surface area is 109 Å². The third-order valence-electron chi connectivity index (χ3n) is 3.17. The van der Waals surface area contributed by atoms with Crippen molar-refractivity contribution in [3.8, 4) is 0 Å². The second-order valence-corrected chi connectivity index (χ2v) is 4.59. The summed E-state index contributed by atoms with van der Waals surface area (Å²) in [5.41, 5.74) is 3.45. The Bertz CT molecular complexity index is 411. The lowest BCUT2D eigenvalue weighted by molar-refractivity contribution is -0.120. The van der Waals surface area contributed by atoms with Gasteiger partial charge in [0.2, 0.25) is 5.91 Å². The van der Waals surface area contributed by atoms with Crippen molar-refractivity contribution in [2.45, 2.75) is 40.2 Å². The van der Waals surface area contributed by atoms with Gasteiger partial charge in [-0.3, -0.25) is 9.48 Å². The van der Waals surface area contributed by atoms with Crippen LogP contribution in [0.5, 0.6) is 0 Å². The zero-order valence-electron chi connectivity index (χ0n) is 12.0. The summed E-state index contributed by atoms with van der Waals surface area (Å²) in [4.78, 5) is 11.3. The number of amides is 1. The minimum absolute atomic E-state index is 0.0943. The lowest BCUT2D eigenvalue weighted by Gasteiger charge is -2.14. The van der Waals surface area contributed by atoms with Crippen LogP contribution < -0.4 is 10.6 Å². The molecule has 1 atom stereocenters. The Morgan fingerprint density at radius 1 is 1.44 bits per heavy atom. The Balaban J connectivity index is 2.50. The van der Waals surface area contributed by atoms with Crippen molar-refractivity contribution in [2.24, 2.45) is 7.05 Å². The van der Waals surface area contributed by atoms with E-state index in [1.54, 1.807) is 0 Å². The molecule has 1 aromatic rings. The van der Waals surface area contributed by atoms with Gasteiger partial charge in [0.25, 0.3) is 0 Å². The maximum atomic E-state index is 11.3. The van der Waals surface area contributed by atoms with Gasteiger partial charge in [-0.1, -0.05) is 0 Å². The molecule has 0 aromatic carbocycles. The molecule has 0 aliphatic heterocycles. The fraction of sp³-hybridized carbons (Fsp3) is 0.692. The van der Waals surface area contributed by atoms with Gasteiger partial charge in [-0.2, -0.15) is 5.10 Å². The Morgan fingerprint density at radius 3 is 2.61 bits per heavy atom. The molecule has 0 aliphatic carbocycles. The maximum Gasteiger partial charge on any atom is 0.221 e. The van der Waals surface area contributed by atoms with Crippen LogP contribution in [0, 0.1) is 13.8 Å². The van der Waals surface area contributed by atoms with Gasteiger partial charge in [0.15, 0.2) is 0 Å². The molecule has 2 N–H and O–H groups in total. The van der Waals surface area contributed by atoms with Crippen molar-refractivity contribution >= 4 is 5.91 Å². The van der Waals surface area contributed by atoms with Gasteiger partial charge in [0.1, 0.15) is 0 Å². The number of aromatic nitrogens is 2. The average molecular weight is 252 g/mol. The number of carbonyl (C=O) groups excluding carboxylic acids is 1. The number of rotatable bonds is 6. The van der Waals surface area contributed by atoms with E-state index in [-0.39, 0.29) is 11.9 Å². The summed E-state index contributed by atoms with van der Waals surface area (Å²) in [6.07, 6.45) is 0.510. The number of nitrogens with zero attached hydrogens (tertiary/aromatic N) is 2. The fourth-order valence-electron chi connectivity index (χ4n) is 2.21. The second-order valence-electron chi connectivity index (χ2n) is 4.59. The van der Waals surface area contributed by atoms with Crippen LogP contribution in [0.1, 0.15) is 43.3 Å². The van der Waals surface area contributed by atoms with Crippen LogP contribution in [0.15, 0.2) is 0 Å². The number of hydrogen-bond donors (Lipinski definition) is 2. The van der Waals surface area contributed by atoms with Crippen molar-refractivity contribution in [1.82, 2.24) is 20.4 Å². The van der Waals surface area contributed by atoms with Crippen LogP contribution in [-0.2, 0) is 11.8 Å². The van der Waals surface area contributed by atoms with Crippen LogP contribution >= 0.6 is 0 Å². The molecular formula is C13H24N4O. The van der Waals surface area contributed by atoms with E-state index in [1.807, 2.05) is 25.6 Å². The summed E-state index contributed by atoms with van der Waals surface area (Å²) in [7, 11) is 1.95. The molecular weight excluding hydrogens is 228 g/mol. The molecule has 1 heterocycles. The summed E-state index contributed by atoms with van der Waals surface area (Å²) >= 11 is 0.